The van der Waals surface area contributed by atoms with Crippen molar-refractivity contribution in [1.29, 1.82) is 0 Å². The maximum Gasteiger partial charge on any atom is 0.191 e. The quantitative estimate of drug-likeness (QED) is 0.347. The van der Waals surface area contributed by atoms with Gasteiger partial charge in [-0.15, -0.1) is 24.0 Å². The van der Waals surface area contributed by atoms with Crippen LogP contribution in [0.15, 0.2) is 4.99 Å². The van der Waals surface area contributed by atoms with E-state index in [1.165, 1.54) is 25.0 Å². The number of guanidine groups is 1. The van der Waals surface area contributed by atoms with Gasteiger partial charge in [0.05, 0.1) is 12.1 Å². The molecule has 2 aliphatic carbocycles. The summed E-state index contributed by atoms with van der Waals surface area (Å²) in [4.78, 5) is 4.58. The number of hydrogen-bond acceptors (Lipinski definition) is 3. The van der Waals surface area contributed by atoms with E-state index in [1.54, 1.807) is 0 Å². The third kappa shape index (κ3) is 6.14. The molecule has 2 saturated carbocycles. The van der Waals surface area contributed by atoms with Crippen LogP contribution in [0.25, 0.3) is 0 Å². The second-order valence-electron chi connectivity index (χ2n) is 6.00. The van der Waals surface area contributed by atoms with Crippen molar-refractivity contribution in [2.24, 2.45) is 4.99 Å². The molecule has 6 heteroatoms. The van der Waals surface area contributed by atoms with Crippen molar-refractivity contribution < 1.29 is 5.11 Å². The summed E-state index contributed by atoms with van der Waals surface area (Å²) in [5.41, 5.74) is -0.529. The molecule has 0 saturated heterocycles. The molecule has 2 atom stereocenters. The van der Waals surface area contributed by atoms with Crippen LogP contribution in [0.5, 0.6) is 0 Å². The van der Waals surface area contributed by atoms with E-state index in [0.717, 1.165) is 37.0 Å². The zero-order chi connectivity index (χ0) is 14.4. The van der Waals surface area contributed by atoms with Gasteiger partial charge in [0.15, 0.2) is 5.96 Å². The molecule has 2 unspecified atom stereocenters. The smallest absolute Gasteiger partial charge is 0.191 e. The molecule has 0 aliphatic heterocycles. The number of nitrogens with one attached hydrogen (secondary N) is 2. The van der Waals surface area contributed by atoms with E-state index in [9.17, 15) is 5.11 Å². The lowest BCUT2D eigenvalue weighted by atomic mass is 9.80. The molecular weight excluding hydrogens is 397 g/mol. The van der Waals surface area contributed by atoms with Crippen molar-refractivity contribution >= 4 is 41.7 Å². The Morgan fingerprint density at radius 2 is 2.10 bits per heavy atom. The number of hydrogen-bond donors (Lipinski definition) is 3. The molecule has 4 nitrogen and oxygen atoms in total. The van der Waals surface area contributed by atoms with Crippen molar-refractivity contribution in [3.63, 3.8) is 0 Å². The fourth-order valence-corrected chi connectivity index (χ4v) is 4.08. The number of halogens is 1. The number of aliphatic hydroxyl groups is 1. The molecule has 2 rings (SSSR count). The largest absolute Gasteiger partial charge is 0.388 e. The van der Waals surface area contributed by atoms with E-state index in [2.05, 4.69) is 41.2 Å². The molecule has 0 heterocycles. The van der Waals surface area contributed by atoms with Crippen molar-refractivity contribution in [3.05, 3.63) is 0 Å². The summed E-state index contributed by atoms with van der Waals surface area (Å²) < 4.78 is 0. The third-order valence-corrected chi connectivity index (χ3v) is 5.52. The van der Waals surface area contributed by atoms with Gasteiger partial charge in [-0.05, 0) is 51.2 Å². The molecule has 0 amide bonds. The van der Waals surface area contributed by atoms with Crippen molar-refractivity contribution in [3.8, 4) is 0 Å². The van der Waals surface area contributed by atoms with Gasteiger partial charge >= 0.3 is 0 Å². The van der Waals surface area contributed by atoms with Crippen LogP contribution in [-0.4, -0.2) is 46.8 Å². The van der Waals surface area contributed by atoms with Crippen LogP contribution in [-0.2, 0) is 0 Å². The standard InChI is InChI=1S/C15H29N3OS.HI/c1-3-16-14(17-11-15(19)8-5-9-15)18-12-6-7-13(10-12)20-4-2;/h12-13,19H,3-11H2,1-2H3,(H2,16,17,18);1H. The maximum absolute atomic E-state index is 10.1. The Balaban J connectivity index is 0.00000220. The van der Waals surface area contributed by atoms with Gasteiger partial charge in [0.25, 0.3) is 0 Å². The normalized spacial score (nSPS) is 27.7. The molecule has 0 spiro atoms. The van der Waals surface area contributed by atoms with Gasteiger partial charge in [0, 0.05) is 17.8 Å². The minimum Gasteiger partial charge on any atom is -0.388 e. The number of nitrogens with zero attached hydrogens (tertiary/aromatic N) is 1. The predicted octanol–water partition coefficient (Wildman–Crippen LogP) is 2.75. The maximum atomic E-state index is 10.1. The van der Waals surface area contributed by atoms with Crippen molar-refractivity contribution in [1.82, 2.24) is 10.6 Å². The molecular formula is C15H30IN3OS. The van der Waals surface area contributed by atoms with Gasteiger partial charge in [-0.1, -0.05) is 6.92 Å². The van der Waals surface area contributed by atoms with Gasteiger partial charge in [-0.2, -0.15) is 11.8 Å². The van der Waals surface area contributed by atoms with Crippen molar-refractivity contribution in [2.45, 2.75) is 69.3 Å². The SMILES string of the molecule is CCNC(=NCC1(O)CCC1)NC1CCC(SCC)C1.I. The van der Waals surface area contributed by atoms with Crippen LogP contribution in [0.2, 0.25) is 0 Å². The van der Waals surface area contributed by atoms with Gasteiger partial charge in [-0.3, -0.25) is 4.99 Å². The second-order valence-corrected chi connectivity index (χ2v) is 7.58. The summed E-state index contributed by atoms with van der Waals surface area (Å²) >= 11 is 2.07. The second kappa shape index (κ2) is 9.45. The Bertz CT molecular complexity index is 337. The van der Waals surface area contributed by atoms with Crippen molar-refractivity contribution in [2.75, 3.05) is 18.8 Å². The van der Waals surface area contributed by atoms with E-state index >= 15 is 0 Å². The highest BCUT2D eigenvalue weighted by Gasteiger charge is 2.34. The van der Waals surface area contributed by atoms with Crippen LogP contribution in [0.4, 0.5) is 0 Å². The summed E-state index contributed by atoms with van der Waals surface area (Å²) in [6.07, 6.45) is 6.69. The first-order chi connectivity index (χ1) is 9.65. The molecule has 2 aliphatic rings. The van der Waals surface area contributed by atoms with Gasteiger partial charge in [-0.25, -0.2) is 0 Å². The van der Waals surface area contributed by atoms with E-state index in [4.69, 9.17) is 0 Å². The Hall–Kier alpha value is 0.310. The molecule has 124 valence electrons. The summed E-state index contributed by atoms with van der Waals surface area (Å²) in [5.74, 6) is 2.08. The highest BCUT2D eigenvalue weighted by atomic mass is 127. The number of thioether (sulfide) groups is 1. The summed E-state index contributed by atoms with van der Waals surface area (Å²) in [6.45, 7) is 5.71. The Morgan fingerprint density at radius 3 is 2.67 bits per heavy atom. The fourth-order valence-electron chi connectivity index (χ4n) is 2.94. The summed E-state index contributed by atoms with van der Waals surface area (Å²) in [7, 11) is 0. The van der Waals surface area contributed by atoms with Gasteiger partial charge in [0.2, 0.25) is 0 Å². The topological polar surface area (TPSA) is 56.7 Å². The molecule has 0 radical (unpaired) electrons. The van der Waals surface area contributed by atoms with E-state index in [-0.39, 0.29) is 24.0 Å². The van der Waals surface area contributed by atoms with Crippen LogP contribution in [0.1, 0.15) is 52.4 Å². The lowest BCUT2D eigenvalue weighted by Gasteiger charge is -2.35. The van der Waals surface area contributed by atoms with Crippen LogP contribution < -0.4 is 10.6 Å². The molecule has 0 aromatic carbocycles. The first-order valence-corrected chi connectivity index (χ1v) is 9.09. The summed E-state index contributed by atoms with van der Waals surface area (Å²) in [5, 5.41) is 17.8. The van der Waals surface area contributed by atoms with E-state index < -0.39 is 5.60 Å². The molecule has 21 heavy (non-hydrogen) atoms. The highest BCUT2D eigenvalue weighted by molar-refractivity contribution is 14.0. The minimum atomic E-state index is -0.529. The van der Waals surface area contributed by atoms with E-state index in [1.807, 2.05) is 0 Å². The number of aliphatic imine (C=N–C) groups is 1. The Morgan fingerprint density at radius 1 is 1.33 bits per heavy atom. The lowest BCUT2D eigenvalue weighted by molar-refractivity contribution is -0.0236. The lowest BCUT2D eigenvalue weighted by Crippen LogP contribution is -2.45. The Labute approximate surface area is 150 Å². The van der Waals surface area contributed by atoms with Crippen LogP contribution in [0.3, 0.4) is 0 Å². The first kappa shape index (κ1) is 19.4. The molecule has 0 aromatic rings. The fraction of sp³-hybridized carbons (Fsp3) is 0.933. The highest BCUT2D eigenvalue weighted by Crippen LogP contribution is 2.32. The molecule has 0 aromatic heterocycles. The summed E-state index contributed by atoms with van der Waals surface area (Å²) in [6, 6.07) is 0.535. The predicted molar refractivity (Wildman–Crippen MR) is 103 cm³/mol. The van der Waals surface area contributed by atoms with E-state index in [0.29, 0.717) is 12.6 Å². The molecule has 3 N–H and O–H groups in total. The molecule has 2 fully saturated rings. The average molecular weight is 427 g/mol. The van der Waals surface area contributed by atoms with Crippen LogP contribution >= 0.6 is 35.7 Å². The number of rotatable bonds is 6. The first-order valence-electron chi connectivity index (χ1n) is 8.04. The minimum absolute atomic E-state index is 0. The average Bonchev–Trinajstić information content (AvgIpc) is 2.82. The van der Waals surface area contributed by atoms with Gasteiger partial charge < -0.3 is 15.7 Å². The zero-order valence-corrected chi connectivity index (χ0v) is 16.4. The zero-order valence-electron chi connectivity index (χ0n) is 13.2. The Kier molecular flexibility index (Phi) is 8.71. The monoisotopic (exact) mass is 427 g/mol. The van der Waals surface area contributed by atoms with Gasteiger partial charge in [0.1, 0.15) is 0 Å². The van der Waals surface area contributed by atoms with Crippen LogP contribution in [0, 0.1) is 0 Å². The molecule has 0 bridgehead atoms. The third-order valence-electron chi connectivity index (χ3n) is 4.29.